The summed E-state index contributed by atoms with van der Waals surface area (Å²) in [5, 5.41) is 3.35. The van der Waals surface area contributed by atoms with Crippen LogP contribution in [0.15, 0.2) is 59.5 Å². The van der Waals surface area contributed by atoms with Crippen LogP contribution >= 0.6 is 23.4 Å². The van der Waals surface area contributed by atoms with Gasteiger partial charge in [0.2, 0.25) is 0 Å². The average molecular weight is 350 g/mol. The molecule has 3 amide bonds. The molecule has 0 heterocycles. The predicted octanol–water partition coefficient (Wildman–Crippen LogP) is 3.08. The molecule has 0 saturated carbocycles. The van der Waals surface area contributed by atoms with E-state index >= 15 is 0 Å². The van der Waals surface area contributed by atoms with Crippen LogP contribution in [0.5, 0.6) is 0 Å². The molecule has 0 spiro atoms. The van der Waals surface area contributed by atoms with E-state index in [-0.39, 0.29) is 5.91 Å². The number of benzene rings is 2. The van der Waals surface area contributed by atoms with Crippen molar-refractivity contribution in [1.82, 2.24) is 16.2 Å². The molecule has 0 unspecified atom stereocenters. The Hall–Kier alpha value is -2.18. The standard InChI is InChI=1S/C16H16ClN3O2S/c17-13-6-8-14(9-7-13)23-11-10-18-16(22)20-19-15(21)12-4-2-1-3-5-12/h1-9H,10-11H2,(H,19,21)(H2,18,20,22). The predicted molar refractivity (Wildman–Crippen MR) is 92.6 cm³/mol. The van der Waals surface area contributed by atoms with Crippen molar-refractivity contribution >= 4 is 35.3 Å². The third-order valence-electron chi connectivity index (χ3n) is 2.80. The first kappa shape index (κ1) is 17.2. The van der Waals surface area contributed by atoms with Gasteiger partial charge in [0.1, 0.15) is 0 Å². The topological polar surface area (TPSA) is 70.2 Å². The lowest BCUT2D eigenvalue weighted by molar-refractivity contribution is 0.0936. The van der Waals surface area contributed by atoms with E-state index in [0.29, 0.717) is 22.9 Å². The highest BCUT2D eigenvalue weighted by Crippen LogP contribution is 2.19. The summed E-state index contributed by atoms with van der Waals surface area (Å²) in [7, 11) is 0. The number of urea groups is 1. The second-order valence-corrected chi connectivity index (χ2v) is 6.11. The highest BCUT2D eigenvalue weighted by atomic mass is 35.5. The summed E-state index contributed by atoms with van der Waals surface area (Å²) in [5.41, 5.74) is 5.13. The molecule has 5 nitrogen and oxygen atoms in total. The summed E-state index contributed by atoms with van der Waals surface area (Å²) < 4.78 is 0. The van der Waals surface area contributed by atoms with E-state index in [1.54, 1.807) is 36.0 Å². The highest BCUT2D eigenvalue weighted by Gasteiger charge is 2.05. The van der Waals surface area contributed by atoms with Gasteiger partial charge >= 0.3 is 6.03 Å². The molecule has 0 aliphatic rings. The minimum Gasteiger partial charge on any atom is -0.336 e. The molecule has 0 aliphatic carbocycles. The summed E-state index contributed by atoms with van der Waals surface area (Å²) in [6.45, 7) is 0.473. The number of amides is 3. The number of nitrogens with one attached hydrogen (secondary N) is 3. The van der Waals surface area contributed by atoms with Gasteiger partial charge in [-0.15, -0.1) is 11.8 Å². The molecule has 0 aliphatic heterocycles. The van der Waals surface area contributed by atoms with Gasteiger partial charge in [-0.2, -0.15) is 0 Å². The van der Waals surface area contributed by atoms with E-state index in [9.17, 15) is 9.59 Å². The summed E-state index contributed by atoms with van der Waals surface area (Å²) in [6, 6.07) is 15.7. The molecule has 0 fully saturated rings. The van der Waals surface area contributed by atoms with Gasteiger partial charge in [-0.1, -0.05) is 29.8 Å². The molecular weight excluding hydrogens is 334 g/mol. The van der Waals surface area contributed by atoms with Gasteiger partial charge in [0, 0.05) is 27.8 Å². The fourth-order valence-corrected chi connectivity index (χ4v) is 2.58. The molecule has 0 radical (unpaired) electrons. The third-order valence-corrected chi connectivity index (χ3v) is 4.06. The van der Waals surface area contributed by atoms with Crippen LogP contribution in [0.4, 0.5) is 4.79 Å². The van der Waals surface area contributed by atoms with Gasteiger partial charge in [0.25, 0.3) is 5.91 Å². The number of halogens is 1. The Balaban J connectivity index is 1.62. The Bertz CT molecular complexity index is 650. The van der Waals surface area contributed by atoms with Crippen LogP contribution in [0.3, 0.4) is 0 Å². The fraction of sp³-hybridized carbons (Fsp3) is 0.125. The molecule has 0 bridgehead atoms. The summed E-state index contributed by atoms with van der Waals surface area (Å²) in [6.07, 6.45) is 0. The maximum absolute atomic E-state index is 11.7. The largest absolute Gasteiger partial charge is 0.336 e. The van der Waals surface area contributed by atoms with Crippen molar-refractivity contribution in [3.8, 4) is 0 Å². The first-order valence-electron chi connectivity index (χ1n) is 6.93. The lowest BCUT2D eigenvalue weighted by Crippen LogP contribution is -2.47. The van der Waals surface area contributed by atoms with E-state index in [1.807, 2.05) is 30.3 Å². The van der Waals surface area contributed by atoms with Crippen LogP contribution in [-0.2, 0) is 0 Å². The van der Waals surface area contributed by atoms with Crippen LogP contribution in [0, 0.1) is 0 Å². The van der Waals surface area contributed by atoms with E-state index in [2.05, 4.69) is 16.2 Å². The summed E-state index contributed by atoms with van der Waals surface area (Å²) >= 11 is 7.41. The van der Waals surface area contributed by atoms with Crippen LogP contribution < -0.4 is 16.2 Å². The first-order valence-corrected chi connectivity index (χ1v) is 8.29. The zero-order valence-corrected chi connectivity index (χ0v) is 13.8. The Morgan fingerprint density at radius 3 is 2.35 bits per heavy atom. The lowest BCUT2D eigenvalue weighted by atomic mass is 10.2. The molecule has 3 N–H and O–H groups in total. The number of carbonyl (C=O) groups is 2. The Morgan fingerprint density at radius 2 is 1.65 bits per heavy atom. The van der Waals surface area contributed by atoms with Crippen molar-refractivity contribution in [2.75, 3.05) is 12.3 Å². The van der Waals surface area contributed by atoms with Crippen LogP contribution in [0.2, 0.25) is 5.02 Å². The lowest BCUT2D eigenvalue weighted by Gasteiger charge is -2.09. The van der Waals surface area contributed by atoms with Crippen molar-refractivity contribution in [3.05, 3.63) is 65.2 Å². The fourth-order valence-electron chi connectivity index (χ4n) is 1.68. The second kappa shape index (κ2) is 9.07. The molecule has 2 rings (SSSR count). The molecule has 7 heteroatoms. The van der Waals surface area contributed by atoms with Crippen molar-refractivity contribution in [2.45, 2.75) is 4.90 Å². The van der Waals surface area contributed by atoms with E-state index in [4.69, 9.17) is 11.6 Å². The quantitative estimate of drug-likeness (QED) is 0.441. The van der Waals surface area contributed by atoms with E-state index in [0.717, 1.165) is 4.90 Å². The third kappa shape index (κ3) is 6.22. The molecule has 2 aromatic rings. The monoisotopic (exact) mass is 349 g/mol. The van der Waals surface area contributed by atoms with Crippen molar-refractivity contribution < 1.29 is 9.59 Å². The van der Waals surface area contributed by atoms with Gasteiger partial charge < -0.3 is 5.32 Å². The molecule has 0 aromatic heterocycles. The molecule has 0 atom stereocenters. The maximum atomic E-state index is 11.7. The number of hydrogen-bond donors (Lipinski definition) is 3. The first-order chi connectivity index (χ1) is 11.1. The highest BCUT2D eigenvalue weighted by molar-refractivity contribution is 7.99. The van der Waals surface area contributed by atoms with Crippen LogP contribution in [-0.4, -0.2) is 24.2 Å². The van der Waals surface area contributed by atoms with Crippen molar-refractivity contribution in [2.24, 2.45) is 0 Å². The molecular formula is C16H16ClN3O2S. The number of rotatable bonds is 5. The van der Waals surface area contributed by atoms with E-state index in [1.165, 1.54) is 0 Å². The summed E-state index contributed by atoms with van der Waals surface area (Å²) in [4.78, 5) is 24.4. The summed E-state index contributed by atoms with van der Waals surface area (Å²) in [5.74, 6) is 0.345. The van der Waals surface area contributed by atoms with Crippen molar-refractivity contribution in [3.63, 3.8) is 0 Å². The Morgan fingerprint density at radius 1 is 0.957 bits per heavy atom. The SMILES string of the molecule is O=C(NCCSc1ccc(Cl)cc1)NNC(=O)c1ccccc1. The number of carbonyl (C=O) groups excluding carboxylic acids is 2. The van der Waals surface area contributed by atoms with Gasteiger partial charge in [0.15, 0.2) is 0 Å². The zero-order chi connectivity index (χ0) is 16.5. The Kier molecular flexibility index (Phi) is 6.77. The maximum Gasteiger partial charge on any atom is 0.333 e. The van der Waals surface area contributed by atoms with Crippen molar-refractivity contribution in [1.29, 1.82) is 0 Å². The number of thioether (sulfide) groups is 1. The van der Waals surface area contributed by atoms with Gasteiger partial charge in [-0.3, -0.25) is 10.2 Å². The minimum absolute atomic E-state index is 0.365. The van der Waals surface area contributed by atoms with Crippen LogP contribution in [0.25, 0.3) is 0 Å². The minimum atomic E-state index is -0.453. The van der Waals surface area contributed by atoms with E-state index < -0.39 is 6.03 Å². The second-order valence-electron chi connectivity index (χ2n) is 4.50. The van der Waals surface area contributed by atoms with Gasteiger partial charge in [0.05, 0.1) is 0 Å². The Labute approximate surface area is 143 Å². The molecule has 0 saturated heterocycles. The zero-order valence-electron chi connectivity index (χ0n) is 12.2. The van der Waals surface area contributed by atoms with Gasteiger partial charge in [-0.25, -0.2) is 10.2 Å². The normalized spacial score (nSPS) is 9.96. The number of hydrazine groups is 1. The molecule has 2 aromatic carbocycles. The molecule has 23 heavy (non-hydrogen) atoms. The van der Waals surface area contributed by atoms with Crippen LogP contribution in [0.1, 0.15) is 10.4 Å². The number of hydrogen-bond acceptors (Lipinski definition) is 3. The smallest absolute Gasteiger partial charge is 0.333 e. The van der Waals surface area contributed by atoms with Gasteiger partial charge in [-0.05, 0) is 36.4 Å². The molecule has 120 valence electrons. The average Bonchev–Trinajstić information content (AvgIpc) is 2.59.